The van der Waals surface area contributed by atoms with Gasteiger partial charge in [-0.25, -0.2) is 0 Å². The first-order valence-corrected chi connectivity index (χ1v) is 26.8. The van der Waals surface area contributed by atoms with Gasteiger partial charge in [-0.15, -0.1) is 0 Å². The van der Waals surface area contributed by atoms with E-state index in [1.807, 2.05) is 0 Å². The third-order valence-electron chi connectivity index (χ3n) is 12.6. The van der Waals surface area contributed by atoms with Crippen LogP contribution in [-0.2, 0) is 28.6 Å². The number of unbranched alkanes of at least 4 members (excludes halogenated alkanes) is 32. The topological polar surface area (TPSA) is 78.9 Å². The number of carbonyl (C=O) groups is 3. The molecule has 0 saturated heterocycles. The van der Waals surface area contributed by atoms with E-state index in [0.717, 1.165) is 69.6 Å². The normalized spacial score (nSPS) is 12.5. The second kappa shape index (κ2) is 46.9. The maximum absolute atomic E-state index is 12.8. The molecule has 0 heterocycles. The number of esters is 3. The lowest BCUT2D eigenvalue weighted by atomic mass is 9.99. The minimum absolute atomic E-state index is 0.0641. The lowest BCUT2D eigenvalue weighted by Crippen LogP contribution is -2.30. The van der Waals surface area contributed by atoms with Crippen LogP contribution < -0.4 is 0 Å². The molecule has 2 atom stereocenters. The van der Waals surface area contributed by atoms with Crippen molar-refractivity contribution in [3.8, 4) is 0 Å². The van der Waals surface area contributed by atoms with Gasteiger partial charge in [-0.1, -0.05) is 259 Å². The van der Waals surface area contributed by atoms with E-state index in [9.17, 15) is 14.4 Å². The number of hydrogen-bond acceptors (Lipinski definition) is 6. The molecule has 0 aromatic carbocycles. The molecular formula is C54H104O6. The van der Waals surface area contributed by atoms with E-state index in [1.165, 1.54) is 186 Å². The first-order valence-electron chi connectivity index (χ1n) is 26.8. The van der Waals surface area contributed by atoms with Gasteiger partial charge >= 0.3 is 17.9 Å². The van der Waals surface area contributed by atoms with Crippen LogP contribution >= 0.6 is 0 Å². The fourth-order valence-corrected chi connectivity index (χ4v) is 8.13. The first kappa shape index (κ1) is 58.4. The van der Waals surface area contributed by atoms with Crippen molar-refractivity contribution in [1.82, 2.24) is 0 Å². The average Bonchev–Trinajstić information content (AvgIpc) is 3.23. The van der Waals surface area contributed by atoms with E-state index in [-0.39, 0.29) is 31.1 Å². The Balaban J connectivity index is 4.31. The number of carbonyl (C=O) groups excluding carboxylic acids is 3. The van der Waals surface area contributed by atoms with Crippen LogP contribution in [0.5, 0.6) is 0 Å². The smallest absolute Gasteiger partial charge is 0.306 e. The molecule has 1 unspecified atom stereocenters. The molecule has 0 spiro atoms. The monoisotopic (exact) mass is 849 g/mol. The predicted molar refractivity (Wildman–Crippen MR) is 256 cm³/mol. The van der Waals surface area contributed by atoms with E-state index in [2.05, 4.69) is 34.6 Å². The minimum atomic E-state index is -0.762. The van der Waals surface area contributed by atoms with Gasteiger partial charge in [0.05, 0.1) is 0 Å². The lowest BCUT2D eigenvalue weighted by molar-refractivity contribution is -0.167. The molecule has 0 aromatic heterocycles. The second-order valence-corrected chi connectivity index (χ2v) is 19.2. The highest BCUT2D eigenvalue weighted by molar-refractivity contribution is 5.71. The fraction of sp³-hybridized carbons (Fsp3) is 0.944. The van der Waals surface area contributed by atoms with Crippen LogP contribution in [0.3, 0.4) is 0 Å². The summed E-state index contributed by atoms with van der Waals surface area (Å²) in [6, 6.07) is 0. The highest BCUT2D eigenvalue weighted by atomic mass is 16.6. The maximum Gasteiger partial charge on any atom is 0.306 e. The van der Waals surface area contributed by atoms with E-state index in [0.29, 0.717) is 19.3 Å². The number of ether oxygens (including phenoxy) is 3. The van der Waals surface area contributed by atoms with E-state index in [4.69, 9.17) is 14.2 Å². The quantitative estimate of drug-likeness (QED) is 0.0345. The van der Waals surface area contributed by atoms with Crippen molar-refractivity contribution >= 4 is 17.9 Å². The molecule has 0 aliphatic heterocycles. The van der Waals surface area contributed by atoms with Gasteiger partial charge in [0.2, 0.25) is 0 Å². The molecular weight excluding hydrogens is 745 g/mol. The highest BCUT2D eigenvalue weighted by Gasteiger charge is 2.19. The fourth-order valence-electron chi connectivity index (χ4n) is 8.13. The Bertz CT molecular complexity index is 918. The van der Waals surface area contributed by atoms with Crippen molar-refractivity contribution in [2.45, 2.75) is 304 Å². The summed E-state index contributed by atoms with van der Waals surface area (Å²) in [6.07, 6.45) is 48.0. The Labute approximate surface area is 374 Å². The Morgan fingerprint density at radius 2 is 0.633 bits per heavy atom. The first-order chi connectivity index (χ1) is 29.3. The number of rotatable bonds is 48. The van der Waals surface area contributed by atoms with Crippen LogP contribution in [0.2, 0.25) is 0 Å². The molecule has 60 heavy (non-hydrogen) atoms. The third-order valence-corrected chi connectivity index (χ3v) is 12.6. The zero-order chi connectivity index (χ0) is 44.0. The lowest BCUT2D eigenvalue weighted by Gasteiger charge is -2.18. The Kier molecular flexibility index (Phi) is 45.7. The summed E-state index contributed by atoms with van der Waals surface area (Å²) in [5.74, 6) is 0.819. The summed E-state index contributed by atoms with van der Waals surface area (Å²) in [6.45, 7) is 11.4. The van der Waals surface area contributed by atoms with E-state index < -0.39 is 6.10 Å². The standard InChI is InChI=1S/C54H104O6/c1-6-8-9-10-11-12-13-14-15-16-17-18-19-24-31-36-41-46-54(57)60-51(48-59-53(56)45-40-35-30-26-25-28-33-38-43-50(5)7-2)47-58-52(55)44-39-34-29-23-21-20-22-27-32-37-42-49(3)4/h49-51H,6-48H2,1-5H3/t50?,51-/m0/s1. The summed E-state index contributed by atoms with van der Waals surface area (Å²) in [5.41, 5.74) is 0. The van der Waals surface area contributed by atoms with Crippen LogP contribution in [-0.4, -0.2) is 37.2 Å². The molecule has 0 N–H and O–H groups in total. The second-order valence-electron chi connectivity index (χ2n) is 19.2. The van der Waals surface area contributed by atoms with Crippen LogP contribution in [0.15, 0.2) is 0 Å². The molecule has 0 saturated carbocycles. The van der Waals surface area contributed by atoms with Gasteiger partial charge in [-0.05, 0) is 31.1 Å². The predicted octanol–water partition coefficient (Wildman–Crippen LogP) is 17.3. The third kappa shape index (κ3) is 45.9. The summed E-state index contributed by atoms with van der Waals surface area (Å²) < 4.78 is 16.8. The molecule has 0 fully saturated rings. The zero-order valence-corrected chi connectivity index (χ0v) is 41.1. The van der Waals surface area contributed by atoms with Crippen LogP contribution in [0.4, 0.5) is 0 Å². The van der Waals surface area contributed by atoms with Gasteiger partial charge in [0, 0.05) is 19.3 Å². The molecule has 356 valence electrons. The van der Waals surface area contributed by atoms with Crippen LogP contribution in [0, 0.1) is 11.8 Å². The molecule has 0 bridgehead atoms. The van der Waals surface area contributed by atoms with E-state index in [1.54, 1.807) is 0 Å². The average molecular weight is 849 g/mol. The largest absolute Gasteiger partial charge is 0.462 e. The van der Waals surface area contributed by atoms with Crippen molar-refractivity contribution in [1.29, 1.82) is 0 Å². The summed E-state index contributed by atoms with van der Waals surface area (Å²) in [4.78, 5) is 38.0. The Morgan fingerprint density at radius 1 is 0.350 bits per heavy atom. The van der Waals surface area contributed by atoms with Crippen molar-refractivity contribution < 1.29 is 28.6 Å². The zero-order valence-electron chi connectivity index (χ0n) is 41.1. The summed E-state index contributed by atoms with van der Waals surface area (Å²) in [7, 11) is 0. The van der Waals surface area contributed by atoms with Gasteiger partial charge in [0.25, 0.3) is 0 Å². The SMILES string of the molecule is CCCCCCCCCCCCCCCCCCCC(=O)O[C@@H](COC(=O)CCCCCCCCCCCCC(C)C)COC(=O)CCCCCCCCCCC(C)CC. The Hall–Kier alpha value is -1.59. The van der Waals surface area contributed by atoms with Crippen molar-refractivity contribution in [2.24, 2.45) is 11.8 Å². The minimum Gasteiger partial charge on any atom is -0.462 e. The van der Waals surface area contributed by atoms with Crippen molar-refractivity contribution in [3.63, 3.8) is 0 Å². The molecule has 0 amide bonds. The highest BCUT2D eigenvalue weighted by Crippen LogP contribution is 2.18. The van der Waals surface area contributed by atoms with Crippen molar-refractivity contribution in [3.05, 3.63) is 0 Å². The molecule has 0 aliphatic rings. The maximum atomic E-state index is 12.8. The molecule has 0 rings (SSSR count). The van der Waals surface area contributed by atoms with Gasteiger partial charge < -0.3 is 14.2 Å². The summed E-state index contributed by atoms with van der Waals surface area (Å²) >= 11 is 0. The molecule has 0 radical (unpaired) electrons. The van der Waals surface area contributed by atoms with Gasteiger partial charge in [-0.3, -0.25) is 14.4 Å². The molecule has 6 nitrogen and oxygen atoms in total. The molecule has 0 aromatic rings. The van der Waals surface area contributed by atoms with E-state index >= 15 is 0 Å². The van der Waals surface area contributed by atoms with Gasteiger partial charge in [0.15, 0.2) is 6.10 Å². The van der Waals surface area contributed by atoms with Crippen molar-refractivity contribution in [2.75, 3.05) is 13.2 Å². The molecule has 6 heteroatoms. The van der Waals surface area contributed by atoms with Gasteiger partial charge in [-0.2, -0.15) is 0 Å². The molecule has 0 aliphatic carbocycles. The van der Waals surface area contributed by atoms with Crippen LogP contribution in [0.25, 0.3) is 0 Å². The van der Waals surface area contributed by atoms with Crippen LogP contribution in [0.1, 0.15) is 298 Å². The number of hydrogen-bond donors (Lipinski definition) is 0. The Morgan fingerprint density at radius 3 is 0.950 bits per heavy atom. The van der Waals surface area contributed by atoms with Gasteiger partial charge in [0.1, 0.15) is 13.2 Å². The summed E-state index contributed by atoms with van der Waals surface area (Å²) in [5, 5.41) is 0.